The van der Waals surface area contributed by atoms with E-state index < -0.39 is 8.80 Å². The van der Waals surface area contributed by atoms with Crippen molar-refractivity contribution in [1.29, 1.82) is 0 Å². The lowest BCUT2D eigenvalue weighted by atomic mass is 9.88. The third-order valence-electron chi connectivity index (χ3n) is 3.23. The SMILES string of the molecule is CCO[Si](CCCC(C)(C)C1OO1)(OCC)OCC. The van der Waals surface area contributed by atoms with Crippen LogP contribution in [0.4, 0.5) is 0 Å². The summed E-state index contributed by atoms with van der Waals surface area (Å²) in [6.45, 7) is 12.1. The first kappa shape index (κ1) is 17.1. The normalized spacial score (nSPS) is 16.9. The molecule has 1 fully saturated rings. The molecule has 0 unspecified atom stereocenters. The molecule has 1 aliphatic heterocycles. The molecule has 1 saturated heterocycles. The number of hydrogen-bond donors (Lipinski definition) is 0. The summed E-state index contributed by atoms with van der Waals surface area (Å²) < 4.78 is 17.5. The molecule has 0 atom stereocenters. The summed E-state index contributed by atoms with van der Waals surface area (Å²) in [6, 6.07) is 0.846. The van der Waals surface area contributed by atoms with E-state index in [-0.39, 0.29) is 11.7 Å². The molecule has 0 aromatic heterocycles. The average molecular weight is 292 g/mol. The van der Waals surface area contributed by atoms with Crippen LogP contribution in [0.3, 0.4) is 0 Å². The van der Waals surface area contributed by atoms with Gasteiger partial charge in [-0.2, -0.15) is 9.78 Å². The van der Waals surface area contributed by atoms with Crippen molar-refractivity contribution in [2.75, 3.05) is 19.8 Å². The van der Waals surface area contributed by atoms with E-state index in [9.17, 15) is 0 Å². The van der Waals surface area contributed by atoms with Gasteiger partial charge in [-0.1, -0.05) is 13.8 Å². The van der Waals surface area contributed by atoms with Crippen LogP contribution in [-0.2, 0) is 23.1 Å². The van der Waals surface area contributed by atoms with Gasteiger partial charge in [0.05, 0.1) is 0 Å². The van der Waals surface area contributed by atoms with Gasteiger partial charge in [0.1, 0.15) is 0 Å². The largest absolute Gasteiger partial charge is 0.500 e. The Hall–Kier alpha value is 0.0169. The highest BCUT2D eigenvalue weighted by Crippen LogP contribution is 2.38. The van der Waals surface area contributed by atoms with Crippen LogP contribution in [0, 0.1) is 5.41 Å². The molecular weight excluding hydrogens is 264 g/mol. The molecule has 114 valence electrons. The fourth-order valence-electron chi connectivity index (χ4n) is 2.17. The predicted octanol–water partition coefficient (Wildman–Crippen LogP) is 3.13. The maximum absolute atomic E-state index is 5.83. The molecule has 0 N–H and O–H groups in total. The van der Waals surface area contributed by atoms with Crippen molar-refractivity contribution in [3.8, 4) is 0 Å². The first-order valence-electron chi connectivity index (χ1n) is 7.23. The van der Waals surface area contributed by atoms with Gasteiger partial charge < -0.3 is 13.3 Å². The maximum atomic E-state index is 5.83. The predicted molar refractivity (Wildman–Crippen MR) is 74.4 cm³/mol. The fraction of sp³-hybridized carbons (Fsp3) is 1.00. The molecule has 1 heterocycles. The van der Waals surface area contributed by atoms with E-state index in [2.05, 4.69) is 13.8 Å². The molecule has 0 radical (unpaired) electrons. The second kappa shape index (κ2) is 7.71. The highest BCUT2D eigenvalue weighted by molar-refractivity contribution is 6.60. The molecule has 0 saturated carbocycles. The minimum absolute atomic E-state index is 0.0325. The Kier molecular flexibility index (Phi) is 6.92. The van der Waals surface area contributed by atoms with Gasteiger partial charge >= 0.3 is 8.80 Å². The lowest BCUT2D eigenvalue weighted by molar-refractivity contribution is 0.0695. The van der Waals surface area contributed by atoms with Gasteiger partial charge in [0.15, 0.2) is 0 Å². The second-order valence-corrected chi connectivity index (χ2v) is 8.08. The van der Waals surface area contributed by atoms with E-state index in [4.69, 9.17) is 23.1 Å². The van der Waals surface area contributed by atoms with Crippen LogP contribution in [0.25, 0.3) is 0 Å². The Morgan fingerprint density at radius 3 is 1.79 bits per heavy atom. The molecule has 19 heavy (non-hydrogen) atoms. The van der Waals surface area contributed by atoms with Crippen molar-refractivity contribution in [2.45, 2.75) is 59.8 Å². The van der Waals surface area contributed by atoms with Crippen LogP contribution in [0.15, 0.2) is 0 Å². The molecular formula is C13H28O5Si. The molecule has 0 aliphatic carbocycles. The van der Waals surface area contributed by atoms with Gasteiger partial charge in [-0.3, -0.25) is 0 Å². The van der Waals surface area contributed by atoms with Crippen LogP contribution < -0.4 is 0 Å². The van der Waals surface area contributed by atoms with Gasteiger partial charge in [0, 0.05) is 31.3 Å². The molecule has 6 heteroatoms. The van der Waals surface area contributed by atoms with Crippen LogP contribution in [0.5, 0.6) is 0 Å². The van der Waals surface area contributed by atoms with Crippen molar-refractivity contribution in [2.24, 2.45) is 5.41 Å². The highest BCUT2D eigenvalue weighted by Gasteiger charge is 2.44. The molecule has 1 rings (SSSR count). The van der Waals surface area contributed by atoms with Crippen molar-refractivity contribution < 1.29 is 23.1 Å². The first-order valence-corrected chi connectivity index (χ1v) is 9.17. The molecule has 0 aromatic rings. The molecule has 0 spiro atoms. The Balaban J connectivity index is 2.46. The summed E-state index contributed by atoms with van der Waals surface area (Å²) in [6.07, 6.45) is 1.93. The van der Waals surface area contributed by atoms with E-state index >= 15 is 0 Å². The Bertz CT molecular complexity index is 238. The molecule has 1 aliphatic rings. The monoisotopic (exact) mass is 292 g/mol. The summed E-state index contributed by atoms with van der Waals surface area (Å²) >= 11 is 0. The first-order chi connectivity index (χ1) is 8.99. The van der Waals surface area contributed by atoms with Crippen molar-refractivity contribution in [3.63, 3.8) is 0 Å². The van der Waals surface area contributed by atoms with E-state index in [1.54, 1.807) is 0 Å². The molecule has 5 nitrogen and oxygen atoms in total. The van der Waals surface area contributed by atoms with Crippen molar-refractivity contribution in [3.05, 3.63) is 0 Å². The average Bonchev–Trinajstić information content (AvgIpc) is 3.13. The zero-order valence-electron chi connectivity index (χ0n) is 12.9. The third kappa shape index (κ3) is 5.49. The van der Waals surface area contributed by atoms with E-state index in [1.807, 2.05) is 20.8 Å². The summed E-state index contributed by atoms with van der Waals surface area (Å²) in [5, 5.41) is 0. The van der Waals surface area contributed by atoms with Crippen molar-refractivity contribution in [1.82, 2.24) is 0 Å². The zero-order chi connectivity index (χ0) is 14.4. The van der Waals surface area contributed by atoms with E-state index in [0.29, 0.717) is 19.8 Å². The summed E-state index contributed by atoms with van der Waals surface area (Å²) in [7, 11) is -2.49. The Morgan fingerprint density at radius 1 is 0.947 bits per heavy atom. The molecule has 0 bridgehead atoms. The summed E-state index contributed by atoms with van der Waals surface area (Å²) in [5.74, 6) is 0. The van der Waals surface area contributed by atoms with Crippen molar-refractivity contribution >= 4 is 8.80 Å². The topological polar surface area (TPSA) is 52.8 Å². The number of rotatable bonds is 11. The molecule has 0 amide bonds. The van der Waals surface area contributed by atoms with Gasteiger partial charge in [-0.05, 0) is 33.6 Å². The van der Waals surface area contributed by atoms with Crippen LogP contribution in [0.1, 0.15) is 47.5 Å². The fourth-order valence-corrected chi connectivity index (χ4v) is 4.78. The third-order valence-corrected chi connectivity index (χ3v) is 6.38. The quantitative estimate of drug-likeness (QED) is 0.333. The zero-order valence-corrected chi connectivity index (χ0v) is 13.9. The van der Waals surface area contributed by atoms with E-state index in [1.165, 1.54) is 0 Å². The molecule has 0 aromatic carbocycles. The minimum atomic E-state index is -2.49. The van der Waals surface area contributed by atoms with E-state index in [0.717, 1.165) is 18.9 Å². The minimum Gasteiger partial charge on any atom is -0.374 e. The Labute approximate surface area is 117 Å². The smallest absolute Gasteiger partial charge is 0.374 e. The summed E-state index contributed by atoms with van der Waals surface area (Å²) in [5.41, 5.74) is 0.0325. The van der Waals surface area contributed by atoms with Gasteiger partial charge in [-0.25, -0.2) is 0 Å². The van der Waals surface area contributed by atoms with Crippen LogP contribution in [-0.4, -0.2) is 34.9 Å². The number of hydrogen-bond acceptors (Lipinski definition) is 5. The lowest BCUT2D eigenvalue weighted by Crippen LogP contribution is -2.46. The van der Waals surface area contributed by atoms with Gasteiger partial charge in [0.2, 0.25) is 6.29 Å². The van der Waals surface area contributed by atoms with Crippen LogP contribution in [0.2, 0.25) is 6.04 Å². The highest BCUT2D eigenvalue weighted by atomic mass is 28.4. The van der Waals surface area contributed by atoms with Gasteiger partial charge in [-0.15, -0.1) is 0 Å². The standard InChI is InChI=1S/C13H28O5Si/c1-6-14-19(15-7-2,16-8-3)11-9-10-13(4,5)12-17-18-12/h12H,6-11H2,1-5H3. The lowest BCUT2D eigenvalue weighted by Gasteiger charge is -2.29. The summed E-state index contributed by atoms with van der Waals surface area (Å²) in [4.78, 5) is 9.83. The van der Waals surface area contributed by atoms with Crippen LogP contribution >= 0.6 is 0 Å². The Morgan fingerprint density at radius 2 is 1.42 bits per heavy atom. The maximum Gasteiger partial charge on any atom is 0.500 e. The van der Waals surface area contributed by atoms with Gasteiger partial charge in [0.25, 0.3) is 0 Å². The second-order valence-electron chi connectivity index (χ2n) is 5.35.